The van der Waals surface area contributed by atoms with Gasteiger partial charge in [-0.1, -0.05) is 6.92 Å². The summed E-state index contributed by atoms with van der Waals surface area (Å²) in [6.07, 6.45) is 1.29. The Kier molecular flexibility index (Phi) is 5.66. The van der Waals surface area contributed by atoms with E-state index in [1.165, 1.54) is 23.5 Å². The average molecular weight is 355 g/mol. The first-order valence-corrected chi connectivity index (χ1v) is 9.27. The smallest absolute Gasteiger partial charge is 0.313 e. The normalized spacial score (nSPS) is 15.8. The first kappa shape index (κ1) is 18.1. The molecule has 1 fully saturated rings. The minimum atomic E-state index is -3.30. The average Bonchev–Trinajstić information content (AvgIpc) is 2.92. The largest absolute Gasteiger partial charge is 0.494 e. The quantitative estimate of drug-likeness (QED) is 0.757. The molecule has 1 aliphatic heterocycles. The Balaban J connectivity index is 2.18. The molecule has 1 aliphatic rings. The number of hydrogen-bond acceptors (Lipinski definition) is 5. The molecule has 24 heavy (non-hydrogen) atoms. The van der Waals surface area contributed by atoms with E-state index in [9.17, 15) is 18.0 Å². The first-order valence-electron chi connectivity index (χ1n) is 7.66. The van der Waals surface area contributed by atoms with Gasteiger partial charge in [0.1, 0.15) is 5.75 Å². The molecule has 2 N–H and O–H groups in total. The molecule has 1 aromatic carbocycles. The van der Waals surface area contributed by atoms with Crippen LogP contribution in [0.1, 0.15) is 19.8 Å². The predicted molar refractivity (Wildman–Crippen MR) is 90.7 cm³/mol. The topological polar surface area (TPSA) is 105 Å². The van der Waals surface area contributed by atoms with Gasteiger partial charge in [-0.15, -0.1) is 0 Å². The van der Waals surface area contributed by atoms with Gasteiger partial charge in [0.05, 0.1) is 24.2 Å². The molecule has 1 aromatic rings. The molecule has 1 heterocycles. The molecule has 0 atom stereocenters. The van der Waals surface area contributed by atoms with Gasteiger partial charge in [-0.25, -0.2) is 8.42 Å². The Morgan fingerprint density at radius 2 is 2.04 bits per heavy atom. The number of nitrogens with one attached hydrogen (secondary N) is 2. The number of methoxy groups -OCH3 is 1. The number of ether oxygens (including phenoxy) is 1. The second-order valence-electron chi connectivity index (χ2n) is 5.34. The summed E-state index contributed by atoms with van der Waals surface area (Å²) >= 11 is 0. The summed E-state index contributed by atoms with van der Waals surface area (Å²) in [7, 11) is -1.89. The van der Waals surface area contributed by atoms with Crippen molar-refractivity contribution < 1.29 is 22.7 Å². The van der Waals surface area contributed by atoms with Crippen LogP contribution in [0, 0.1) is 0 Å². The number of nitrogens with zero attached hydrogens (tertiary/aromatic N) is 1. The molecule has 2 rings (SSSR count). The molecule has 9 heteroatoms. The molecule has 1 saturated heterocycles. The van der Waals surface area contributed by atoms with Gasteiger partial charge in [0.15, 0.2) is 0 Å². The number of rotatable bonds is 5. The van der Waals surface area contributed by atoms with E-state index in [4.69, 9.17) is 4.74 Å². The number of carbonyl (C=O) groups excluding carboxylic acids is 2. The third-order valence-corrected chi connectivity index (χ3v) is 5.43. The summed E-state index contributed by atoms with van der Waals surface area (Å²) in [5.74, 6) is -1.13. The summed E-state index contributed by atoms with van der Waals surface area (Å²) in [5, 5.41) is 4.94. The van der Waals surface area contributed by atoms with Crippen molar-refractivity contribution in [1.29, 1.82) is 0 Å². The van der Waals surface area contributed by atoms with Crippen LogP contribution >= 0.6 is 0 Å². The standard InChI is InChI=1S/C15H21N3O5S/c1-3-7-16-14(19)15(20)17-12-6-5-11(10-13(12)23-2)18-8-4-9-24(18,21)22/h5-6,10H,3-4,7-9H2,1-2H3,(H,16,19)(H,17,20). The van der Waals surface area contributed by atoms with Crippen molar-refractivity contribution in [2.45, 2.75) is 19.8 Å². The van der Waals surface area contributed by atoms with Gasteiger partial charge in [0, 0.05) is 19.2 Å². The van der Waals surface area contributed by atoms with Crippen LogP contribution in [0.25, 0.3) is 0 Å². The van der Waals surface area contributed by atoms with E-state index in [0.29, 0.717) is 30.9 Å². The molecule has 0 saturated carbocycles. The lowest BCUT2D eigenvalue weighted by molar-refractivity contribution is -0.136. The van der Waals surface area contributed by atoms with Crippen molar-refractivity contribution in [2.75, 3.05) is 35.6 Å². The number of amides is 2. The Bertz CT molecular complexity index is 733. The molecule has 8 nitrogen and oxygen atoms in total. The Labute approximate surface area is 141 Å². The molecule has 0 radical (unpaired) electrons. The third-order valence-electron chi connectivity index (χ3n) is 3.56. The van der Waals surface area contributed by atoms with Crippen LogP contribution < -0.4 is 19.7 Å². The predicted octanol–water partition coefficient (Wildman–Crippen LogP) is 0.700. The van der Waals surface area contributed by atoms with E-state index in [2.05, 4.69) is 10.6 Å². The van der Waals surface area contributed by atoms with Gasteiger partial charge in [-0.3, -0.25) is 13.9 Å². The van der Waals surface area contributed by atoms with E-state index < -0.39 is 21.8 Å². The van der Waals surface area contributed by atoms with Gasteiger partial charge in [-0.2, -0.15) is 0 Å². The van der Waals surface area contributed by atoms with Crippen LogP contribution in [0.5, 0.6) is 5.75 Å². The Morgan fingerprint density at radius 1 is 1.29 bits per heavy atom. The van der Waals surface area contributed by atoms with Crippen LogP contribution in [-0.2, 0) is 19.6 Å². The van der Waals surface area contributed by atoms with Gasteiger partial charge in [0.2, 0.25) is 10.0 Å². The summed E-state index contributed by atoms with van der Waals surface area (Å²) in [6.45, 7) is 2.71. The number of hydrogen-bond donors (Lipinski definition) is 2. The van der Waals surface area contributed by atoms with Gasteiger partial charge in [-0.05, 0) is 25.0 Å². The molecule has 0 aliphatic carbocycles. The highest BCUT2D eigenvalue weighted by molar-refractivity contribution is 7.93. The van der Waals surface area contributed by atoms with E-state index in [-0.39, 0.29) is 11.5 Å². The van der Waals surface area contributed by atoms with Crippen molar-refractivity contribution in [3.8, 4) is 5.75 Å². The molecule has 0 spiro atoms. The molecule has 0 bridgehead atoms. The van der Waals surface area contributed by atoms with E-state index >= 15 is 0 Å². The Hall–Kier alpha value is -2.29. The number of anilines is 2. The summed E-state index contributed by atoms with van der Waals surface area (Å²) < 4.78 is 30.5. The van der Waals surface area contributed by atoms with Gasteiger partial charge in [0.25, 0.3) is 0 Å². The molecular formula is C15H21N3O5S. The minimum Gasteiger partial charge on any atom is -0.494 e. The molecule has 132 valence electrons. The van der Waals surface area contributed by atoms with E-state index in [0.717, 1.165) is 6.42 Å². The van der Waals surface area contributed by atoms with Crippen LogP contribution in [0.3, 0.4) is 0 Å². The Morgan fingerprint density at radius 3 is 2.62 bits per heavy atom. The lowest BCUT2D eigenvalue weighted by Crippen LogP contribution is -2.35. The van der Waals surface area contributed by atoms with Crippen LogP contribution in [-0.4, -0.2) is 46.2 Å². The third kappa shape index (κ3) is 3.97. The van der Waals surface area contributed by atoms with E-state index in [1.54, 1.807) is 6.07 Å². The van der Waals surface area contributed by atoms with Crippen LogP contribution in [0.4, 0.5) is 11.4 Å². The van der Waals surface area contributed by atoms with Crippen molar-refractivity contribution in [3.05, 3.63) is 18.2 Å². The van der Waals surface area contributed by atoms with Crippen LogP contribution in [0.2, 0.25) is 0 Å². The highest BCUT2D eigenvalue weighted by Crippen LogP contribution is 2.32. The monoisotopic (exact) mass is 355 g/mol. The maximum Gasteiger partial charge on any atom is 0.313 e. The second kappa shape index (κ2) is 7.52. The fourth-order valence-electron chi connectivity index (χ4n) is 2.37. The lowest BCUT2D eigenvalue weighted by Gasteiger charge is -2.19. The maximum atomic E-state index is 12.0. The highest BCUT2D eigenvalue weighted by Gasteiger charge is 2.29. The maximum absolute atomic E-state index is 12.0. The zero-order valence-electron chi connectivity index (χ0n) is 13.7. The molecule has 0 aromatic heterocycles. The molecular weight excluding hydrogens is 334 g/mol. The number of benzene rings is 1. The summed E-state index contributed by atoms with van der Waals surface area (Å²) in [5.41, 5.74) is 0.771. The molecule has 0 unspecified atom stereocenters. The summed E-state index contributed by atoms with van der Waals surface area (Å²) in [6, 6.07) is 4.63. The lowest BCUT2D eigenvalue weighted by atomic mass is 10.2. The fraction of sp³-hybridized carbons (Fsp3) is 0.467. The van der Waals surface area contributed by atoms with Crippen molar-refractivity contribution >= 4 is 33.2 Å². The van der Waals surface area contributed by atoms with Crippen molar-refractivity contribution in [1.82, 2.24) is 5.32 Å². The highest BCUT2D eigenvalue weighted by atomic mass is 32.2. The zero-order chi connectivity index (χ0) is 17.7. The van der Waals surface area contributed by atoms with E-state index in [1.807, 2.05) is 6.92 Å². The number of carbonyl (C=O) groups is 2. The number of sulfonamides is 1. The summed E-state index contributed by atoms with van der Waals surface area (Å²) in [4.78, 5) is 23.5. The van der Waals surface area contributed by atoms with Crippen LogP contribution in [0.15, 0.2) is 18.2 Å². The van der Waals surface area contributed by atoms with Crippen molar-refractivity contribution in [2.24, 2.45) is 0 Å². The zero-order valence-corrected chi connectivity index (χ0v) is 14.5. The van der Waals surface area contributed by atoms with Gasteiger partial charge >= 0.3 is 11.8 Å². The second-order valence-corrected chi connectivity index (χ2v) is 7.35. The SMILES string of the molecule is CCCNC(=O)C(=O)Nc1ccc(N2CCCS2(=O)=O)cc1OC. The minimum absolute atomic E-state index is 0.116. The molecule has 2 amide bonds. The van der Waals surface area contributed by atoms with Gasteiger partial charge < -0.3 is 15.4 Å². The van der Waals surface area contributed by atoms with Crippen molar-refractivity contribution in [3.63, 3.8) is 0 Å². The first-order chi connectivity index (χ1) is 11.4. The fourth-order valence-corrected chi connectivity index (χ4v) is 3.92.